The third kappa shape index (κ3) is 4.27. The average Bonchev–Trinajstić information content (AvgIpc) is 3.25. The fraction of sp³-hybridized carbons (Fsp3) is 0.522. The Bertz CT molecular complexity index is 892. The number of carbonyl (C=O) groups is 1. The molecule has 2 aromatic rings. The van der Waals surface area contributed by atoms with E-state index in [1.165, 1.54) is 25.7 Å². The van der Waals surface area contributed by atoms with Crippen LogP contribution in [0.3, 0.4) is 0 Å². The highest BCUT2D eigenvalue weighted by atomic mass is 16.5. The van der Waals surface area contributed by atoms with Crippen molar-refractivity contribution in [1.82, 2.24) is 14.9 Å². The molecule has 1 aromatic heterocycles. The summed E-state index contributed by atoms with van der Waals surface area (Å²) in [5.74, 6) is 2.51. The standard InChI is InChI=1S/C23H30N4O2/c1-16-20-11-12-22(28)27(14-17-7-6-10-19(13-17)29-3)23(20)25-21(24-16)15-26(2)18-8-4-5-9-18/h6-7,10,13,18H,4-5,8-9,11-12,14-15H2,1-3H3. The van der Waals surface area contributed by atoms with Crippen LogP contribution < -0.4 is 9.64 Å². The summed E-state index contributed by atoms with van der Waals surface area (Å²) in [5, 5.41) is 0. The average molecular weight is 395 g/mol. The van der Waals surface area contributed by atoms with Crippen LogP contribution in [0.25, 0.3) is 0 Å². The Hall–Kier alpha value is -2.47. The van der Waals surface area contributed by atoms with Crippen molar-refractivity contribution in [3.63, 3.8) is 0 Å². The fourth-order valence-corrected chi connectivity index (χ4v) is 4.52. The van der Waals surface area contributed by atoms with Crippen molar-refractivity contribution in [1.29, 1.82) is 0 Å². The Labute approximate surface area is 172 Å². The van der Waals surface area contributed by atoms with Gasteiger partial charge >= 0.3 is 0 Å². The molecule has 0 bridgehead atoms. The Balaban J connectivity index is 1.61. The van der Waals surface area contributed by atoms with Crippen LogP contribution >= 0.6 is 0 Å². The lowest BCUT2D eigenvalue weighted by Crippen LogP contribution is -2.37. The number of fused-ring (bicyclic) bond motifs is 1. The Morgan fingerprint density at radius 2 is 2.00 bits per heavy atom. The fourth-order valence-electron chi connectivity index (χ4n) is 4.52. The molecule has 0 N–H and O–H groups in total. The second-order valence-electron chi connectivity index (χ2n) is 8.21. The van der Waals surface area contributed by atoms with E-state index in [4.69, 9.17) is 14.7 Å². The Morgan fingerprint density at radius 3 is 2.76 bits per heavy atom. The third-order valence-electron chi connectivity index (χ3n) is 6.20. The maximum Gasteiger partial charge on any atom is 0.228 e. The Morgan fingerprint density at radius 1 is 1.21 bits per heavy atom. The number of aromatic nitrogens is 2. The summed E-state index contributed by atoms with van der Waals surface area (Å²) in [6.07, 6.45) is 6.33. The van der Waals surface area contributed by atoms with Crippen LogP contribution in [-0.2, 0) is 24.3 Å². The van der Waals surface area contributed by atoms with E-state index in [9.17, 15) is 4.79 Å². The van der Waals surface area contributed by atoms with Crippen molar-refractivity contribution in [2.75, 3.05) is 19.1 Å². The van der Waals surface area contributed by atoms with Crippen molar-refractivity contribution in [2.45, 2.75) is 64.6 Å². The van der Waals surface area contributed by atoms with Gasteiger partial charge in [-0.2, -0.15) is 0 Å². The number of methoxy groups -OCH3 is 1. The second-order valence-corrected chi connectivity index (χ2v) is 8.21. The van der Waals surface area contributed by atoms with Gasteiger partial charge in [0.25, 0.3) is 0 Å². The first-order valence-corrected chi connectivity index (χ1v) is 10.5. The maximum absolute atomic E-state index is 12.8. The quantitative estimate of drug-likeness (QED) is 0.749. The van der Waals surface area contributed by atoms with Crippen molar-refractivity contribution < 1.29 is 9.53 Å². The summed E-state index contributed by atoms with van der Waals surface area (Å²) in [5.41, 5.74) is 3.12. The van der Waals surface area contributed by atoms with E-state index in [2.05, 4.69) is 11.9 Å². The monoisotopic (exact) mass is 394 g/mol. The van der Waals surface area contributed by atoms with Crippen LogP contribution in [0.1, 0.15) is 54.7 Å². The number of aryl methyl sites for hydroxylation is 1. The van der Waals surface area contributed by atoms with Gasteiger partial charge in [0, 0.05) is 23.7 Å². The number of rotatable bonds is 6. The summed E-state index contributed by atoms with van der Waals surface area (Å²) in [6.45, 7) is 3.26. The van der Waals surface area contributed by atoms with Crippen LogP contribution in [0.2, 0.25) is 0 Å². The number of hydrogen-bond acceptors (Lipinski definition) is 5. The predicted molar refractivity (Wildman–Crippen MR) is 113 cm³/mol. The summed E-state index contributed by atoms with van der Waals surface area (Å²) >= 11 is 0. The first kappa shape index (κ1) is 19.8. The van der Waals surface area contributed by atoms with Gasteiger partial charge in [0.2, 0.25) is 5.91 Å². The molecule has 1 aromatic carbocycles. The van der Waals surface area contributed by atoms with Crippen LogP contribution in [0, 0.1) is 6.92 Å². The smallest absolute Gasteiger partial charge is 0.228 e. The number of nitrogens with zero attached hydrogens (tertiary/aromatic N) is 4. The first-order valence-electron chi connectivity index (χ1n) is 10.5. The number of carbonyl (C=O) groups excluding carboxylic acids is 1. The van der Waals surface area contributed by atoms with Crippen LogP contribution in [0.15, 0.2) is 24.3 Å². The van der Waals surface area contributed by atoms with Crippen LogP contribution in [0.4, 0.5) is 5.82 Å². The summed E-state index contributed by atoms with van der Waals surface area (Å²) in [4.78, 5) is 26.6. The first-order chi connectivity index (χ1) is 14.0. The van der Waals surface area contributed by atoms with E-state index in [0.29, 0.717) is 25.4 Å². The SMILES string of the molecule is COc1cccc(CN2C(=O)CCc3c(C)nc(CN(C)C4CCCC4)nc32)c1. The van der Waals surface area contributed by atoms with E-state index >= 15 is 0 Å². The van der Waals surface area contributed by atoms with Crippen molar-refractivity contribution >= 4 is 11.7 Å². The predicted octanol–water partition coefficient (Wildman–Crippen LogP) is 3.65. The highest BCUT2D eigenvalue weighted by molar-refractivity contribution is 5.95. The Kier molecular flexibility index (Phi) is 5.81. The van der Waals surface area contributed by atoms with Crippen molar-refractivity contribution in [3.8, 4) is 5.75 Å². The number of hydrogen-bond donors (Lipinski definition) is 0. The number of amides is 1. The van der Waals surface area contributed by atoms with Gasteiger partial charge in [-0.25, -0.2) is 9.97 Å². The van der Waals surface area contributed by atoms with Crippen LogP contribution in [0.5, 0.6) is 5.75 Å². The highest BCUT2D eigenvalue weighted by Gasteiger charge is 2.29. The number of ether oxygens (including phenoxy) is 1. The van der Waals surface area contributed by atoms with E-state index < -0.39 is 0 Å². The lowest BCUT2D eigenvalue weighted by atomic mass is 10.0. The van der Waals surface area contributed by atoms with E-state index in [-0.39, 0.29) is 5.91 Å². The second kappa shape index (κ2) is 8.49. The third-order valence-corrected chi connectivity index (χ3v) is 6.20. The molecule has 29 heavy (non-hydrogen) atoms. The molecule has 6 heteroatoms. The zero-order chi connectivity index (χ0) is 20.4. The van der Waals surface area contributed by atoms with Crippen molar-refractivity contribution in [3.05, 3.63) is 46.9 Å². The van der Waals surface area contributed by atoms with E-state index in [0.717, 1.165) is 40.8 Å². The molecule has 2 heterocycles. The normalized spacial score (nSPS) is 17.1. The van der Waals surface area contributed by atoms with Gasteiger partial charge in [0.1, 0.15) is 17.4 Å². The topological polar surface area (TPSA) is 58.6 Å². The molecular formula is C23H30N4O2. The van der Waals surface area contributed by atoms with E-state index in [1.54, 1.807) is 7.11 Å². The van der Waals surface area contributed by atoms with Gasteiger partial charge in [-0.3, -0.25) is 14.6 Å². The molecule has 6 nitrogen and oxygen atoms in total. The molecule has 0 spiro atoms. The molecule has 4 rings (SSSR count). The van der Waals surface area contributed by atoms with Gasteiger partial charge in [0.15, 0.2) is 0 Å². The minimum absolute atomic E-state index is 0.119. The van der Waals surface area contributed by atoms with E-state index in [1.807, 2.05) is 36.1 Å². The van der Waals surface area contributed by atoms with Gasteiger partial charge in [-0.05, 0) is 50.9 Å². The molecule has 1 aliphatic carbocycles. The van der Waals surface area contributed by atoms with Crippen molar-refractivity contribution in [2.24, 2.45) is 0 Å². The van der Waals surface area contributed by atoms with Gasteiger partial charge in [0.05, 0.1) is 20.2 Å². The molecule has 1 aliphatic heterocycles. The minimum Gasteiger partial charge on any atom is -0.497 e. The maximum atomic E-state index is 12.8. The molecule has 1 amide bonds. The highest BCUT2D eigenvalue weighted by Crippen LogP contribution is 2.30. The van der Waals surface area contributed by atoms with Crippen LogP contribution in [-0.4, -0.2) is 41.0 Å². The summed E-state index contributed by atoms with van der Waals surface area (Å²) in [7, 11) is 3.82. The van der Waals surface area contributed by atoms with Gasteiger partial charge in [-0.15, -0.1) is 0 Å². The molecule has 1 fully saturated rings. The van der Waals surface area contributed by atoms with Gasteiger partial charge < -0.3 is 4.74 Å². The zero-order valence-corrected chi connectivity index (χ0v) is 17.6. The summed E-state index contributed by atoms with van der Waals surface area (Å²) < 4.78 is 5.34. The molecule has 0 saturated heterocycles. The van der Waals surface area contributed by atoms with Gasteiger partial charge in [-0.1, -0.05) is 25.0 Å². The molecule has 1 saturated carbocycles. The number of benzene rings is 1. The largest absolute Gasteiger partial charge is 0.497 e. The number of anilines is 1. The molecule has 0 radical (unpaired) electrons. The molecule has 0 atom stereocenters. The molecule has 0 unspecified atom stereocenters. The lowest BCUT2D eigenvalue weighted by molar-refractivity contribution is -0.119. The minimum atomic E-state index is 0.119. The molecular weight excluding hydrogens is 364 g/mol. The zero-order valence-electron chi connectivity index (χ0n) is 17.6. The lowest BCUT2D eigenvalue weighted by Gasteiger charge is -2.30. The molecule has 2 aliphatic rings. The summed E-state index contributed by atoms with van der Waals surface area (Å²) in [6, 6.07) is 8.48. The molecule has 154 valence electrons.